The van der Waals surface area contributed by atoms with E-state index in [2.05, 4.69) is 12.2 Å². The molecule has 0 aliphatic heterocycles. The third-order valence-electron chi connectivity index (χ3n) is 3.78. The first-order valence-corrected chi connectivity index (χ1v) is 6.58. The summed E-state index contributed by atoms with van der Waals surface area (Å²) >= 11 is 0. The van der Waals surface area contributed by atoms with Gasteiger partial charge in [-0.2, -0.15) is 0 Å². The molecule has 2 N–H and O–H groups in total. The van der Waals surface area contributed by atoms with E-state index in [9.17, 15) is 9.90 Å². The molecule has 94 valence electrons. The monoisotopic (exact) mass is 227 g/mol. The molecule has 1 unspecified atom stereocenters. The number of rotatable bonds is 5. The van der Waals surface area contributed by atoms with Crippen molar-refractivity contribution in [1.29, 1.82) is 0 Å². The summed E-state index contributed by atoms with van der Waals surface area (Å²) in [5.41, 5.74) is -0.743. The third kappa shape index (κ3) is 3.21. The number of amides is 1. The van der Waals surface area contributed by atoms with Gasteiger partial charge >= 0.3 is 0 Å². The van der Waals surface area contributed by atoms with Crippen LogP contribution in [-0.2, 0) is 4.79 Å². The smallest absolute Gasteiger partial charge is 0.225 e. The van der Waals surface area contributed by atoms with Crippen molar-refractivity contribution in [2.75, 3.05) is 7.05 Å². The van der Waals surface area contributed by atoms with Gasteiger partial charge in [0.15, 0.2) is 0 Å². The van der Waals surface area contributed by atoms with E-state index in [1.54, 1.807) is 7.05 Å². The summed E-state index contributed by atoms with van der Waals surface area (Å²) in [5.74, 6) is -0.199. The van der Waals surface area contributed by atoms with Crippen molar-refractivity contribution in [2.45, 2.75) is 63.9 Å². The second kappa shape index (κ2) is 6.24. The molecule has 0 aromatic rings. The maximum absolute atomic E-state index is 11.9. The Labute approximate surface area is 98.6 Å². The van der Waals surface area contributed by atoms with Crippen molar-refractivity contribution in [3.63, 3.8) is 0 Å². The first-order chi connectivity index (χ1) is 7.64. The summed E-state index contributed by atoms with van der Waals surface area (Å²) in [4.78, 5) is 11.9. The summed E-state index contributed by atoms with van der Waals surface area (Å²) in [6.07, 6.45) is 7.77. The lowest BCUT2D eigenvalue weighted by Crippen LogP contribution is -2.47. The van der Waals surface area contributed by atoms with Gasteiger partial charge in [-0.1, -0.05) is 39.0 Å². The van der Waals surface area contributed by atoms with Gasteiger partial charge in [0.05, 0.1) is 11.5 Å². The van der Waals surface area contributed by atoms with Crippen LogP contribution in [0.1, 0.15) is 58.3 Å². The molecule has 0 bridgehead atoms. The lowest BCUT2D eigenvalue weighted by molar-refractivity contribution is -0.137. The molecule has 1 amide bonds. The Morgan fingerprint density at radius 3 is 2.50 bits per heavy atom. The number of aliphatic hydroxyl groups is 1. The molecule has 16 heavy (non-hydrogen) atoms. The van der Waals surface area contributed by atoms with Crippen molar-refractivity contribution >= 4 is 5.91 Å². The minimum Gasteiger partial charge on any atom is -0.389 e. The van der Waals surface area contributed by atoms with E-state index in [0.29, 0.717) is 0 Å². The highest BCUT2D eigenvalue weighted by molar-refractivity contribution is 5.79. The van der Waals surface area contributed by atoms with Crippen LogP contribution in [0.3, 0.4) is 0 Å². The van der Waals surface area contributed by atoms with E-state index in [-0.39, 0.29) is 11.8 Å². The Bertz CT molecular complexity index is 222. The Hall–Kier alpha value is -0.570. The highest BCUT2D eigenvalue weighted by Gasteiger charge is 2.40. The van der Waals surface area contributed by atoms with E-state index in [4.69, 9.17) is 0 Å². The second-order valence-electron chi connectivity index (χ2n) is 4.97. The topological polar surface area (TPSA) is 49.3 Å². The summed E-state index contributed by atoms with van der Waals surface area (Å²) in [7, 11) is 1.66. The summed E-state index contributed by atoms with van der Waals surface area (Å²) in [6.45, 7) is 2.12. The zero-order valence-corrected chi connectivity index (χ0v) is 10.6. The number of unbranched alkanes of at least 4 members (excludes halogenated alkanes) is 1. The standard InChI is InChI=1S/C13H25NO2/c1-3-4-8-11(12(15)14-2)13(16)9-6-5-7-10-13/h11,16H,3-10H2,1-2H3,(H,14,15). The van der Waals surface area contributed by atoms with Crippen LogP contribution < -0.4 is 5.32 Å². The predicted octanol–water partition coefficient (Wildman–Crippen LogP) is 2.23. The summed E-state index contributed by atoms with van der Waals surface area (Å²) in [6, 6.07) is 0. The third-order valence-corrected chi connectivity index (χ3v) is 3.78. The van der Waals surface area contributed by atoms with Crippen LogP contribution in [0.15, 0.2) is 0 Å². The Morgan fingerprint density at radius 1 is 1.38 bits per heavy atom. The minimum atomic E-state index is -0.743. The van der Waals surface area contributed by atoms with Crippen LogP contribution in [0.4, 0.5) is 0 Å². The Morgan fingerprint density at radius 2 is 2.00 bits per heavy atom. The SMILES string of the molecule is CCCCC(C(=O)NC)C1(O)CCCCC1. The normalized spacial score (nSPS) is 21.4. The molecule has 0 spiro atoms. The van der Waals surface area contributed by atoms with E-state index in [0.717, 1.165) is 44.9 Å². The fourth-order valence-electron chi connectivity index (χ4n) is 2.74. The maximum atomic E-state index is 11.9. The quantitative estimate of drug-likeness (QED) is 0.756. The largest absolute Gasteiger partial charge is 0.389 e. The van der Waals surface area contributed by atoms with Crippen LogP contribution in [0.25, 0.3) is 0 Å². The molecule has 1 fully saturated rings. The van der Waals surface area contributed by atoms with Gasteiger partial charge in [0.25, 0.3) is 0 Å². The molecular weight excluding hydrogens is 202 g/mol. The molecule has 1 saturated carbocycles. The van der Waals surface area contributed by atoms with E-state index >= 15 is 0 Å². The molecule has 1 aliphatic rings. The van der Waals surface area contributed by atoms with E-state index < -0.39 is 5.60 Å². The zero-order chi connectivity index (χ0) is 12.0. The molecule has 0 saturated heterocycles. The molecule has 0 heterocycles. The van der Waals surface area contributed by atoms with Gasteiger partial charge in [-0.15, -0.1) is 0 Å². The van der Waals surface area contributed by atoms with Gasteiger partial charge in [-0.05, 0) is 19.3 Å². The predicted molar refractivity (Wildman–Crippen MR) is 65.1 cm³/mol. The number of nitrogens with one attached hydrogen (secondary N) is 1. The maximum Gasteiger partial charge on any atom is 0.225 e. The molecular formula is C13H25NO2. The van der Waals surface area contributed by atoms with Crippen LogP contribution >= 0.6 is 0 Å². The van der Waals surface area contributed by atoms with Crippen LogP contribution in [-0.4, -0.2) is 23.7 Å². The van der Waals surface area contributed by atoms with Crippen LogP contribution in [0.2, 0.25) is 0 Å². The van der Waals surface area contributed by atoms with Gasteiger partial charge in [0.1, 0.15) is 0 Å². The van der Waals surface area contributed by atoms with E-state index in [1.807, 2.05) is 0 Å². The first kappa shape index (κ1) is 13.5. The summed E-state index contributed by atoms with van der Waals surface area (Å²) < 4.78 is 0. The Balaban J connectivity index is 2.68. The summed E-state index contributed by atoms with van der Waals surface area (Å²) in [5, 5.41) is 13.3. The van der Waals surface area contributed by atoms with Gasteiger partial charge in [0, 0.05) is 7.05 Å². The van der Waals surface area contributed by atoms with Crippen molar-refractivity contribution < 1.29 is 9.90 Å². The Kier molecular flexibility index (Phi) is 5.26. The molecule has 0 aromatic heterocycles. The highest BCUT2D eigenvalue weighted by Crippen LogP contribution is 2.36. The molecule has 0 radical (unpaired) electrons. The molecule has 0 aromatic carbocycles. The van der Waals surface area contributed by atoms with Crippen molar-refractivity contribution in [3.05, 3.63) is 0 Å². The molecule has 1 aliphatic carbocycles. The van der Waals surface area contributed by atoms with Gasteiger partial charge in [-0.25, -0.2) is 0 Å². The lowest BCUT2D eigenvalue weighted by atomic mass is 9.73. The van der Waals surface area contributed by atoms with Crippen molar-refractivity contribution in [3.8, 4) is 0 Å². The molecule has 3 heteroatoms. The first-order valence-electron chi connectivity index (χ1n) is 6.58. The lowest BCUT2D eigenvalue weighted by Gasteiger charge is -2.38. The minimum absolute atomic E-state index is 0.0119. The van der Waals surface area contributed by atoms with Crippen LogP contribution in [0, 0.1) is 5.92 Å². The molecule has 3 nitrogen and oxygen atoms in total. The number of carbonyl (C=O) groups excluding carboxylic acids is 1. The number of hydrogen-bond donors (Lipinski definition) is 2. The highest BCUT2D eigenvalue weighted by atomic mass is 16.3. The zero-order valence-electron chi connectivity index (χ0n) is 10.6. The average Bonchev–Trinajstić information content (AvgIpc) is 2.30. The van der Waals surface area contributed by atoms with Gasteiger partial charge in [-0.3, -0.25) is 4.79 Å². The van der Waals surface area contributed by atoms with Crippen molar-refractivity contribution in [1.82, 2.24) is 5.32 Å². The number of hydrogen-bond acceptors (Lipinski definition) is 2. The fourth-order valence-corrected chi connectivity index (χ4v) is 2.74. The number of carbonyl (C=O) groups is 1. The van der Waals surface area contributed by atoms with Gasteiger partial charge in [0.2, 0.25) is 5.91 Å². The van der Waals surface area contributed by atoms with Gasteiger partial charge < -0.3 is 10.4 Å². The second-order valence-corrected chi connectivity index (χ2v) is 4.97. The molecule has 1 rings (SSSR count). The fraction of sp³-hybridized carbons (Fsp3) is 0.923. The molecule has 1 atom stereocenters. The van der Waals surface area contributed by atoms with Crippen molar-refractivity contribution in [2.24, 2.45) is 5.92 Å². The average molecular weight is 227 g/mol. The van der Waals surface area contributed by atoms with E-state index in [1.165, 1.54) is 6.42 Å². The van der Waals surface area contributed by atoms with Crippen LogP contribution in [0.5, 0.6) is 0 Å².